The highest BCUT2D eigenvalue weighted by Crippen LogP contribution is 2.22. The van der Waals surface area contributed by atoms with Gasteiger partial charge in [0.25, 0.3) is 5.91 Å². The zero-order valence-corrected chi connectivity index (χ0v) is 15.0. The summed E-state index contributed by atoms with van der Waals surface area (Å²) in [4.78, 5) is 15.6. The molecule has 25 heavy (non-hydrogen) atoms. The van der Waals surface area contributed by atoms with Gasteiger partial charge < -0.3 is 10.3 Å². The Kier molecular flexibility index (Phi) is 4.26. The van der Waals surface area contributed by atoms with Crippen molar-refractivity contribution in [1.29, 1.82) is 0 Å². The molecule has 3 rings (SSSR count). The standard InChI is InChI=1S/C18H19N3O3S/c1-11-8-12(2)15-10-17(20-16(15)9-11)18(22)19-13-4-6-14(7-5-13)21-25(3,23)24/h4-10,20-21H,1-3H3,(H,19,22). The third kappa shape index (κ3) is 4.00. The second-order valence-corrected chi connectivity index (χ2v) is 7.88. The second kappa shape index (κ2) is 6.25. The highest BCUT2D eigenvalue weighted by atomic mass is 32.2. The molecule has 7 heteroatoms. The summed E-state index contributed by atoms with van der Waals surface area (Å²) in [5.74, 6) is -0.253. The molecule has 2 aromatic carbocycles. The van der Waals surface area contributed by atoms with Crippen LogP contribution in [0.15, 0.2) is 42.5 Å². The summed E-state index contributed by atoms with van der Waals surface area (Å²) in [5.41, 5.74) is 4.67. The molecule has 0 aliphatic carbocycles. The number of aryl methyl sites for hydroxylation is 2. The molecule has 3 aromatic rings. The molecule has 1 amide bonds. The van der Waals surface area contributed by atoms with E-state index in [2.05, 4.69) is 21.1 Å². The predicted octanol–water partition coefficient (Wildman–Crippen LogP) is 3.41. The smallest absolute Gasteiger partial charge is 0.272 e. The molecule has 0 fully saturated rings. The van der Waals surface area contributed by atoms with Gasteiger partial charge in [0.05, 0.1) is 6.26 Å². The first-order chi connectivity index (χ1) is 11.7. The van der Waals surface area contributed by atoms with Crippen LogP contribution in [0, 0.1) is 13.8 Å². The number of aromatic nitrogens is 1. The number of aromatic amines is 1. The molecule has 6 nitrogen and oxygen atoms in total. The largest absolute Gasteiger partial charge is 0.351 e. The molecule has 0 radical (unpaired) electrons. The van der Waals surface area contributed by atoms with Gasteiger partial charge in [-0.2, -0.15) is 0 Å². The van der Waals surface area contributed by atoms with Gasteiger partial charge in [-0.15, -0.1) is 0 Å². The monoisotopic (exact) mass is 357 g/mol. The van der Waals surface area contributed by atoms with Crippen LogP contribution >= 0.6 is 0 Å². The number of nitrogens with one attached hydrogen (secondary N) is 3. The van der Waals surface area contributed by atoms with Gasteiger partial charge in [0.2, 0.25) is 10.0 Å². The zero-order valence-electron chi connectivity index (χ0n) is 14.2. The number of H-pyrrole nitrogens is 1. The van der Waals surface area contributed by atoms with Crippen molar-refractivity contribution < 1.29 is 13.2 Å². The van der Waals surface area contributed by atoms with Crippen molar-refractivity contribution >= 4 is 38.2 Å². The number of rotatable bonds is 4. The lowest BCUT2D eigenvalue weighted by Crippen LogP contribution is -2.12. The molecule has 3 N–H and O–H groups in total. The van der Waals surface area contributed by atoms with E-state index in [1.165, 1.54) is 0 Å². The topological polar surface area (TPSA) is 91.1 Å². The first-order valence-corrected chi connectivity index (χ1v) is 9.59. The normalized spacial score (nSPS) is 11.5. The second-order valence-electron chi connectivity index (χ2n) is 6.13. The van der Waals surface area contributed by atoms with Gasteiger partial charge in [0.1, 0.15) is 5.69 Å². The van der Waals surface area contributed by atoms with Gasteiger partial charge in [-0.05, 0) is 61.4 Å². The first-order valence-electron chi connectivity index (χ1n) is 7.70. The van der Waals surface area contributed by atoms with Crippen molar-refractivity contribution in [1.82, 2.24) is 4.98 Å². The average Bonchev–Trinajstić information content (AvgIpc) is 2.92. The number of benzene rings is 2. The number of hydrogen-bond acceptors (Lipinski definition) is 3. The van der Waals surface area contributed by atoms with Crippen molar-refractivity contribution in [2.75, 3.05) is 16.3 Å². The SMILES string of the molecule is Cc1cc(C)c2cc(C(=O)Nc3ccc(NS(C)(=O)=O)cc3)[nH]c2c1. The van der Waals surface area contributed by atoms with E-state index < -0.39 is 10.0 Å². The number of sulfonamides is 1. The minimum Gasteiger partial charge on any atom is -0.351 e. The van der Waals surface area contributed by atoms with Crippen molar-refractivity contribution in [2.24, 2.45) is 0 Å². The summed E-state index contributed by atoms with van der Waals surface area (Å²) in [7, 11) is -3.32. The zero-order chi connectivity index (χ0) is 18.2. The van der Waals surface area contributed by atoms with Crippen LogP contribution in [0.4, 0.5) is 11.4 Å². The summed E-state index contributed by atoms with van der Waals surface area (Å²) in [5, 5.41) is 3.81. The highest BCUT2D eigenvalue weighted by Gasteiger charge is 2.11. The molecular formula is C18H19N3O3S. The third-order valence-electron chi connectivity index (χ3n) is 3.78. The van der Waals surface area contributed by atoms with Crippen LogP contribution in [0.3, 0.4) is 0 Å². The third-order valence-corrected chi connectivity index (χ3v) is 4.39. The molecule has 0 aliphatic heterocycles. The van der Waals surface area contributed by atoms with Crippen molar-refractivity contribution in [2.45, 2.75) is 13.8 Å². The van der Waals surface area contributed by atoms with E-state index >= 15 is 0 Å². The van der Waals surface area contributed by atoms with E-state index in [1.807, 2.05) is 26.0 Å². The maximum atomic E-state index is 12.4. The minimum absolute atomic E-state index is 0.253. The van der Waals surface area contributed by atoms with E-state index in [9.17, 15) is 13.2 Å². The first kappa shape index (κ1) is 17.0. The quantitative estimate of drug-likeness (QED) is 0.668. The van der Waals surface area contributed by atoms with Crippen LogP contribution in [-0.2, 0) is 10.0 Å². The predicted molar refractivity (Wildman–Crippen MR) is 101 cm³/mol. The number of carbonyl (C=O) groups excluding carboxylic acids is 1. The van der Waals surface area contributed by atoms with Crippen LogP contribution in [0.5, 0.6) is 0 Å². The average molecular weight is 357 g/mol. The fraction of sp³-hybridized carbons (Fsp3) is 0.167. The van der Waals surface area contributed by atoms with Gasteiger partial charge in [-0.3, -0.25) is 9.52 Å². The summed E-state index contributed by atoms with van der Waals surface area (Å²) in [6.45, 7) is 4.03. The molecule has 0 saturated heterocycles. The summed E-state index contributed by atoms with van der Waals surface area (Å²) < 4.78 is 24.8. The van der Waals surface area contributed by atoms with Gasteiger partial charge >= 0.3 is 0 Å². The molecule has 0 unspecified atom stereocenters. The number of anilines is 2. The molecular weight excluding hydrogens is 338 g/mol. The Bertz CT molecular complexity index is 1050. The van der Waals surface area contributed by atoms with E-state index in [4.69, 9.17) is 0 Å². The Morgan fingerprint density at radius 3 is 2.28 bits per heavy atom. The highest BCUT2D eigenvalue weighted by molar-refractivity contribution is 7.92. The Balaban J connectivity index is 1.79. The van der Waals surface area contributed by atoms with E-state index in [1.54, 1.807) is 24.3 Å². The number of hydrogen-bond donors (Lipinski definition) is 3. The van der Waals surface area contributed by atoms with Crippen LogP contribution in [0.1, 0.15) is 21.6 Å². The molecule has 1 heterocycles. The maximum Gasteiger partial charge on any atom is 0.272 e. The lowest BCUT2D eigenvalue weighted by atomic mass is 10.1. The summed E-state index contributed by atoms with van der Waals surface area (Å²) >= 11 is 0. The summed E-state index contributed by atoms with van der Waals surface area (Å²) in [6, 6.07) is 12.4. The molecule has 0 saturated carbocycles. The van der Waals surface area contributed by atoms with E-state index in [-0.39, 0.29) is 5.91 Å². The van der Waals surface area contributed by atoms with E-state index in [0.29, 0.717) is 17.1 Å². The van der Waals surface area contributed by atoms with Gasteiger partial charge in [0.15, 0.2) is 0 Å². The fourth-order valence-corrected chi connectivity index (χ4v) is 3.32. The van der Waals surface area contributed by atoms with E-state index in [0.717, 1.165) is 28.3 Å². The number of amides is 1. The van der Waals surface area contributed by atoms with Crippen LogP contribution in [0.2, 0.25) is 0 Å². The van der Waals surface area contributed by atoms with Crippen molar-refractivity contribution in [3.63, 3.8) is 0 Å². The Hall–Kier alpha value is -2.80. The van der Waals surface area contributed by atoms with Crippen molar-refractivity contribution in [3.05, 3.63) is 59.3 Å². The number of carbonyl (C=O) groups is 1. The molecule has 0 atom stereocenters. The Morgan fingerprint density at radius 1 is 1.00 bits per heavy atom. The van der Waals surface area contributed by atoms with Crippen LogP contribution in [-0.4, -0.2) is 25.6 Å². The summed E-state index contributed by atoms with van der Waals surface area (Å²) in [6.07, 6.45) is 1.09. The lowest BCUT2D eigenvalue weighted by molar-refractivity contribution is 0.102. The van der Waals surface area contributed by atoms with Crippen LogP contribution < -0.4 is 10.0 Å². The number of fused-ring (bicyclic) bond motifs is 1. The molecule has 0 aliphatic rings. The Morgan fingerprint density at radius 2 is 1.64 bits per heavy atom. The van der Waals surface area contributed by atoms with Gasteiger partial charge in [0, 0.05) is 22.3 Å². The maximum absolute atomic E-state index is 12.4. The molecule has 1 aromatic heterocycles. The minimum atomic E-state index is -3.32. The fourth-order valence-electron chi connectivity index (χ4n) is 2.76. The van der Waals surface area contributed by atoms with Gasteiger partial charge in [-0.25, -0.2) is 8.42 Å². The Labute approximate surface area is 146 Å². The molecule has 130 valence electrons. The lowest BCUT2D eigenvalue weighted by Gasteiger charge is -2.06. The van der Waals surface area contributed by atoms with Crippen molar-refractivity contribution in [3.8, 4) is 0 Å². The van der Waals surface area contributed by atoms with Gasteiger partial charge in [-0.1, -0.05) is 6.07 Å². The van der Waals surface area contributed by atoms with Crippen LogP contribution in [0.25, 0.3) is 10.9 Å². The molecule has 0 bridgehead atoms. The molecule has 0 spiro atoms.